The first-order valence-electron chi connectivity index (χ1n) is 6.76. The van der Waals surface area contributed by atoms with Crippen molar-refractivity contribution < 1.29 is 14.3 Å². The van der Waals surface area contributed by atoms with E-state index in [9.17, 15) is 9.59 Å². The van der Waals surface area contributed by atoms with Gasteiger partial charge < -0.3 is 15.4 Å². The Kier molecular flexibility index (Phi) is 3.35. The number of methoxy groups -OCH3 is 1. The number of carbonyl (C=O) groups is 2. The second-order valence-corrected chi connectivity index (χ2v) is 5.09. The zero-order chi connectivity index (χ0) is 15.0. The standard InChI is InChI=1S/C16H16N2O3/c1-21-15(19)8-12-11-5-3-2-4-10(11)6-7-14(12)18-9-13(17)16(18)20/h2-7,13H,8-9,17H2,1H3. The molecule has 1 unspecified atom stereocenters. The van der Waals surface area contributed by atoms with Crippen LogP contribution in [0.25, 0.3) is 10.8 Å². The number of ether oxygens (including phenoxy) is 1. The molecule has 21 heavy (non-hydrogen) atoms. The number of anilines is 1. The third kappa shape index (κ3) is 2.25. The molecule has 1 aliphatic heterocycles. The molecular formula is C16H16N2O3. The Labute approximate surface area is 122 Å². The average molecular weight is 284 g/mol. The van der Waals surface area contributed by atoms with E-state index in [1.165, 1.54) is 7.11 Å². The third-order valence-electron chi connectivity index (χ3n) is 3.82. The van der Waals surface area contributed by atoms with Gasteiger partial charge in [-0.3, -0.25) is 9.59 Å². The lowest BCUT2D eigenvalue weighted by Crippen LogP contribution is -2.61. The summed E-state index contributed by atoms with van der Waals surface area (Å²) in [5.41, 5.74) is 7.20. The van der Waals surface area contributed by atoms with Gasteiger partial charge in [0.2, 0.25) is 5.91 Å². The summed E-state index contributed by atoms with van der Waals surface area (Å²) in [6.45, 7) is 0.478. The first kappa shape index (κ1) is 13.6. The molecule has 1 fully saturated rings. The topological polar surface area (TPSA) is 72.6 Å². The monoisotopic (exact) mass is 284 g/mol. The van der Waals surface area contributed by atoms with Crippen molar-refractivity contribution >= 4 is 28.3 Å². The minimum absolute atomic E-state index is 0.114. The average Bonchev–Trinajstić information content (AvgIpc) is 2.52. The lowest BCUT2D eigenvalue weighted by atomic mass is 9.96. The molecule has 3 rings (SSSR count). The molecule has 2 aromatic rings. The van der Waals surface area contributed by atoms with Crippen LogP contribution in [-0.4, -0.2) is 31.6 Å². The molecule has 1 saturated heterocycles. The van der Waals surface area contributed by atoms with Gasteiger partial charge in [0, 0.05) is 5.69 Å². The van der Waals surface area contributed by atoms with Crippen LogP contribution in [0.5, 0.6) is 0 Å². The molecule has 1 amide bonds. The molecule has 5 heteroatoms. The van der Waals surface area contributed by atoms with Crippen LogP contribution < -0.4 is 10.6 Å². The molecule has 1 atom stereocenters. The summed E-state index contributed by atoms with van der Waals surface area (Å²) in [7, 11) is 1.36. The van der Waals surface area contributed by atoms with E-state index in [0.717, 1.165) is 22.0 Å². The Bertz CT molecular complexity index is 727. The van der Waals surface area contributed by atoms with Crippen LogP contribution in [0.4, 0.5) is 5.69 Å². The van der Waals surface area contributed by atoms with Crippen LogP contribution in [0.1, 0.15) is 5.56 Å². The van der Waals surface area contributed by atoms with E-state index < -0.39 is 6.04 Å². The van der Waals surface area contributed by atoms with Gasteiger partial charge in [0.05, 0.1) is 20.1 Å². The zero-order valence-corrected chi connectivity index (χ0v) is 11.7. The van der Waals surface area contributed by atoms with Crippen LogP contribution in [0.2, 0.25) is 0 Å². The second-order valence-electron chi connectivity index (χ2n) is 5.09. The van der Waals surface area contributed by atoms with Crippen LogP contribution in [0, 0.1) is 0 Å². The molecule has 1 heterocycles. The first-order chi connectivity index (χ1) is 10.1. The van der Waals surface area contributed by atoms with E-state index in [1.807, 2.05) is 36.4 Å². The summed E-state index contributed by atoms with van der Waals surface area (Å²) in [6.07, 6.45) is 0.131. The van der Waals surface area contributed by atoms with E-state index in [-0.39, 0.29) is 18.3 Å². The Hall–Kier alpha value is -2.40. The van der Waals surface area contributed by atoms with E-state index in [0.29, 0.717) is 6.54 Å². The van der Waals surface area contributed by atoms with E-state index in [1.54, 1.807) is 4.90 Å². The molecule has 0 bridgehead atoms. The number of amides is 1. The van der Waals surface area contributed by atoms with Crippen LogP contribution in [0.3, 0.4) is 0 Å². The van der Waals surface area contributed by atoms with Crippen LogP contribution >= 0.6 is 0 Å². The molecule has 0 aliphatic carbocycles. The van der Waals surface area contributed by atoms with Gasteiger partial charge >= 0.3 is 5.97 Å². The number of rotatable bonds is 3. The van der Waals surface area contributed by atoms with E-state index in [4.69, 9.17) is 10.5 Å². The van der Waals surface area contributed by atoms with Gasteiger partial charge in [0.1, 0.15) is 6.04 Å². The number of fused-ring (bicyclic) bond motifs is 1. The molecule has 1 aliphatic rings. The summed E-state index contributed by atoms with van der Waals surface area (Å²) in [5.74, 6) is -0.443. The van der Waals surface area contributed by atoms with Crippen molar-refractivity contribution in [3.63, 3.8) is 0 Å². The summed E-state index contributed by atoms with van der Waals surface area (Å²) in [5, 5.41) is 1.98. The Morgan fingerprint density at radius 3 is 2.76 bits per heavy atom. The van der Waals surface area contributed by atoms with E-state index in [2.05, 4.69) is 0 Å². The predicted octanol–water partition coefficient (Wildman–Crippen LogP) is 1.23. The van der Waals surface area contributed by atoms with Gasteiger partial charge in [0.25, 0.3) is 0 Å². The highest BCUT2D eigenvalue weighted by atomic mass is 16.5. The van der Waals surface area contributed by atoms with E-state index >= 15 is 0 Å². The van der Waals surface area contributed by atoms with Crippen molar-refractivity contribution in [1.82, 2.24) is 0 Å². The van der Waals surface area contributed by atoms with Crippen molar-refractivity contribution in [3.05, 3.63) is 42.0 Å². The van der Waals surface area contributed by atoms with Gasteiger partial charge in [-0.1, -0.05) is 30.3 Å². The molecule has 0 aromatic heterocycles. The van der Waals surface area contributed by atoms with Gasteiger partial charge in [-0.2, -0.15) is 0 Å². The number of benzene rings is 2. The van der Waals surface area contributed by atoms with Crippen molar-refractivity contribution in [2.24, 2.45) is 5.73 Å². The number of hydrogen-bond donors (Lipinski definition) is 1. The second kappa shape index (κ2) is 5.18. The van der Waals surface area contributed by atoms with Crippen molar-refractivity contribution in [1.29, 1.82) is 0 Å². The number of esters is 1. The Balaban J connectivity index is 2.12. The minimum atomic E-state index is -0.442. The lowest BCUT2D eigenvalue weighted by molar-refractivity contribution is -0.139. The molecule has 0 radical (unpaired) electrons. The fraction of sp³-hybridized carbons (Fsp3) is 0.250. The summed E-state index contributed by atoms with van der Waals surface area (Å²) >= 11 is 0. The maximum atomic E-state index is 11.9. The fourth-order valence-electron chi connectivity index (χ4n) is 2.65. The lowest BCUT2D eigenvalue weighted by Gasteiger charge is -2.37. The smallest absolute Gasteiger partial charge is 0.310 e. The van der Waals surface area contributed by atoms with Crippen LogP contribution in [-0.2, 0) is 20.7 Å². The Morgan fingerprint density at radius 2 is 2.10 bits per heavy atom. The summed E-state index contributed by atoms with van der Waals surface area (Å²) < 4.78 is 4.77. The number of nitrogens with zero attached hydrogens (tertiary/aromatic N) is 1. The fourth-order valence-corrected chi connectivity index (χ4v) is 2.65. The predicted molar refractivity (Wildman–Crippen MR) is 80.0 cm³/mol. The molecule has 2 N–H and O–H groups in total. The van der Waals surface area contributed by atoms with Gasteiger partial charge in [-0.15, -0.1) is 0 Å². The highest BCUT2D eigenvalue weighted by Gasteiger charge is 2.36. The molecular weight excluding hydrogens is 268 g/mol. The quantitative estimate of drug-likeness (QED) is 0.679. The van der Waals surface area contributed by atoms with Crippen molar-refractivity contribution in [3.8, 4) is 0 Å². The van der Waals surface area contributed by atoms with Gasteiger partial charge in [-0.05, 0) is 22.4 Å². The van der Waals surface area contributed by atoms with Crippen molar-refractivity contribution in [2.45, 2.75) is 12.5 Å². The highest BCUT2D eigenvalue weighted by Crippen LogP contribution is 2.32. The van der Waals surface area contributed by atoms with Gasteiger partial charge in [0.15, 0.2) is 0 Å². The minimum Gasteiger partial charge on any atom is -0.469 e. The maximum Gasteiger partial charge on any atom is 0.310 e. The summed E-state index contributed by atoms with van der Waals surface area (Å²) in [6, 6.07) is 11.1. The zero-order valence-electron chi connectivity index (χ0n) is 11.7. The highest BCUT2D eigenvalue weighted by molar-refractivity contribution is 6.07. The first-order valence-corrected chi connectivity index (χ1v) is 6.76. The molecule has 0 spiro atoms. The molecule has 2 aromatic carbocycles. The van der Waals surface area contributed by atoms with Crippen LogP contribution in [0.15, 0.2) is 36.4 Å². The number of nitrogens with two attached hydrogens (primary N) is 1. The SMILES string of the molecule is COC(=O)Cc1c(N2CC(N)C2=O)ccc2ccccc12. The normalized spacial score (nSPS) is 17.7. The Morgan fingerprint density at radius 1 is 1.33 bits per heavy atom. The van der Waals surface area contributed by atoms with Crippen molar-refractivity contribution in [2.75, 3.05) is 18.6 Å². The number of carbonyl (C=O) groups excluding carboxylic acids is 2. The molecule has 0 saturated carbocycles. The maximum absolute atomic E-state index is 11.9. The largest absolute Gasteiger partial charge is 0.469 e. The third-order valence-corrected chi connectivity index (χ3v) is 3.82. The van der Waals surface area contributed by atoms with Gasteiger partial charge in [-0.25, -0.2) is 0 Å². The number of hydrogen-bond acceptors (Lipinski definition) is 4. The molecule has 5 nitrogen and oxygen atoms in total. The summed E-state index contributed by atoms with van der Waals surface area (Å²) in [4.78, 5) is 25.2. The molecule has 108 valence electrons. The number of β-lactam (4-membered cyclic amide) rings is 1.